The summed E-state index contributed by atoms with van der Waals surface area (Å²) in [7, 11) is 1.60. The van der Waals surface area contributed by atoms with Crippen molar-refractivity contribution in [2.24, 2.45) is 11.8 Å². The van der Waals surface area contributed by atoms with Crippen LogP contribution >= 0.6 is 0 Å². The molecule has 3 heterocycles. The van der Waals surface area contributed by atoms with Crippen molar-refractivity contribution in [3.05, 3.63) is 60.0 Å². The minimum Gasteiger partial charge on any atom is -0.497 e. The number of nitrogens with zero attached hydrogens (tertiary/aromatic N) is 4. The van der Waals surface area contributed by atoms with Gasteiger partial charge in [0.25, 0.3) is 0 Å². The predicted molar refractivity (Wildman–Crippen MR) is 125 cm³/mol. The van der Waals surface area contributed by atoms with Crippen molar-refractivity contribution < 1.29 is 14.2 Å². The molecule has 0 saturated carbocycles. The Kier molecular flexibility index (Phi) is 7.82. The Morgan fingerprint density at radius 1 is 1.24 bits per heavy atom. The summed E-state index contributed by atoms with van der Waals surface area (Å²) in [5, 5.41) is 18.6. The minimum atomic E-state index is -1.09. The molecule has 3 atom stereocenters. The maximum Gasteiger partial charge on any atom is 0.135 e. The Labute approximate surface area is 193 Å². The molecule has 1 aliphatic rings. The number of methoxy groups -OCH3 is 1. The first-order valence-corrected chi connectivity index (χ1v) is 11.3. The number of hydrogen-bond acceptors (Lipinski definition) is 6. The van der Waals surface area contributed by atoms with Crippen LogP contribution < -0.4 is 4.74 Å². The highest BCUT2D eigenvalue weighted by molar-refractivity contribution is 5.83. The summed E-state index contributed by atoms with van der Waals surface area (Å²) in [4.78, 5) is 6.59. The number of aliphatic hydroxyl groups is 1. The van der Waals surface area contributed by atoms with Crippen molar-refractivity contribution in [3.63, 3.8) is 0 Å². The third kappa shape index (κ3) is 5.84. The van der Waals surface area contributed by atoms with E-state index in [0.717, 1.165) is 36.8 Å². The molecule has 1 saturated heterocycles. The Morgan fingerprint density at radius 3 is 2.94 bits per heavy atom. The fourth-order valence-electron chi connectivity index (χ4n) is 4.56. The first-order valence-electron chi connectivity index (χ1n) is 11.3. The molecular formula is C26H29FN4O2. The second-order valence-corrected chi connectivity index (χ2v) is 8.47. The molecule has 6 nitrogen and oxygen atoms in total. The predicted octanol–water partition coefficient (Wildman–Crippen LogP) is 3.81. The number of alkyl halides is 1. The number of hydrogen-bond donors (Lipinski definition) is 1. The van der Waals surface area contributed by atoms with Crippen LogP contribution in [0.1, 0.15) is 36.7 Å². The fourth-order valence-corrected chi connectivity index (χ4v) is 4.56. The molecule has 0 aliphatic carbocycles. The Morgan fingerprint density at radius 2 is 2.15 bits per heavy atom. The summed E-state index contributed by atoms with van der Waals surface area (Å²) in [6.07, 6.45) is 4.28. The average Bonchev–Trinajstić information content (AvgIpc) is 2.87. The summed E-state index contributed by atoms with van der Waals surface area (Å²) < 4.78 is 20.6. The van der Waals surface area contributed by atoms with Crippen molar-refractivity contribution in [2.75, 3.05) is 33.4 Å². The minimum absolute atomic E-state index is 0.102. The number of pyridine rings is 1. The van der Waals surface area contributed by atoms with E-state index in [1.54, 1.807) is 25.6 Å². The van der Waals surface area contributed by atoms with Crippen molar-refractivity contribution >= 4 is 10.9 Å². The van der Waals surface area contributed by atoms with Crippen LogP contribution in [0.5, 0.6) is 5.75 Å². The van der Waals surface area contributed by atoms with Crippen LogP contribution in [0.4, 0.5) is 4.39 Å². The molecule has 7 heteroatoms. The monoisotopic (exact) mass is 448 g/mol. The van der Waals surface area contributed by atoms with Gasteiger partial charge in [0.05, 0.1) is 19.2 Å². The quantitative estimate of drug-likeness (QED) is 0.555. The van der Waals surface area contributed by atoms with Gasteiger partial charge in [-0.05, 0) is 85.5 Å². The number of fused-ring (bicyclic) bond motifs is 1. The van der Waals surface area contributed by atoms with Gasteiger partial charge >= 0.3 is 0 Å². The second kappa shape index (κ2) is 11.2. The van der Waals surface area contributed by atoms with Crippen LogP contribution in [0.2, 0.25) is 0 Å². The smallest absolute Gasteiger partial charge is 0.135 e. The molecule has 1 aromatic carbocycles. The van der Waals surface area contributed by atoms with Crippen molar-refractivity contribution in [1.82, 2.24) is 20.1 Å². The van der Waals surface area contributed by atoms with E-state index in [2.05, 4.69) is 31.9 Å². The number of likely N-dealkylation sites (tertiary alicyclic amines) is 1. The molecule has 3 aromatic rings. The lowest BCUT2D eigenvalue weighted by Crippen LogP contribution is -2.42. The molecule has 0 amide bonds. The lowest BCUT2D eigenvalue weighted by atomic mass is 9.81. The molecule has 1 aliphatic heterocycles. The third-order valence-electron chi connectivity index (χ3n) is 6.41. The number of rotatable bonds is 7. The van der Waals surface area contributed by atoms with Gasteiger partial charge in [-0.2, -0.15) is 5.10 Å². The van der Waals surface area contributed by atoms with E-state index >= 15 is 4.39 Å². The third-order valence-corrected chi connectivity index (χ3v) is 6.41. The first-order chi connectivity index (χ1) is 16.2. The van der Waals surface area contributed by atoms with Gasteiger partial charge < -0.3 is 9.84 Å². The Bertz CT molecular complexity index is 1120. The van der Waals surface area contributed by atoms with E-state index in [-0.39, 0.29) is 12.5 Å². The largest absolute Gasteiger partial charge is 0.497 e. The zero-order valence-corrected chi connectivity index (χ0v) is 18.8. The molecule has 0 bridgehead atoms. The van der Waals surface area contributed by atoms with Gasteiger partial charge in [0.15, 0.2) is 0 Å². The van der Waals surface area contributed by atoms with E-state index < -0.39 is 6.17 Å². The van der Waals surface area contributed by atoms with Crippen LogP contribution in [0.15, 0.2) is 48.8 Å². The first kappa shape index (κ1) is 23.1. The number of aliphatic hydroxyl groups excluding tert-OH is 1. The maximum atomic E-state index is 15.3. The zero-order valence-electron chi connectivity index (χ0n) is 18.8. The molecule has 0 spiro atoms. The lowest BCUT2D eigenvalue weighted by molar-refractivity contribution is 0.0708. The molecule has 172 valence electrons. The highest BCUT2D eigenvalue weighted by Crippen LogP contribution is 2.35. The molecular weight excluding hydrogens is 419 g/mol. The van der Waals surface area contributed by atoms with Crippen molar-refractivity contribution in [3.8, 4) is 17.6 Å². The average molecular weight is 449 g/mol. The standard InChI is InChI=1S/C26H29FN4O2/c1-33-22-7-9-26-24(16-22)23(10-13-28-26)25(27)8-6-19-11-15-31(17-20(19)18-32)14-3-5-21-4-2-12-29-30-21/h2,4,7,9-10,12-13,16,19-20,25,32H,6,8,11,14-15,17-18H2,1H3/t19-,20-,25?/m1/s1. The summed E-state index contributed by atoms with van der Waals surface area (Å²) in [6.45, 7) is 2.38. The summed E-state index contributed by atoms with van der Waals surface area (Å²) >= 11 is 0. The fraction of sp³-hybridized carbons (Fsp3) is 0.423. The van der Waals surface area contributed by atoms with Crippen molar-refractivity contribution in [2.45, 2.75) is 25.4 Å². The van der Waals surface area contributed by atoms with E-state index in [1.807, 2.05) is 30.3 Å². The van der Waals surface area contributed by atoms with Gasteiger partial charge in [0.1, 0.15) is 17.6 Å². The maximum absolute atomic E-state index is 15.3. The molecule has 2 aromatic heterocycles. The topological polar surface area (TPSA) is 71.4 Å². The van der Waals surface area contributed by atoms with Gasteiger partial charge in [-0.3, -0.25) is 9.88 Å². The Balaban J connectivity index is 1.34. The van der Waals surface area contributed by atoms with Gasteiger partial charge in [-0.15, -0.1) is 5.10 Å². The lowest BCUT2D eigenvalue weighted by Gasteiger charge is -2.37. The Hall–Kier alpha value is -3.08. The van der Waals surface area contributed by atoms with Crippen LogP contribution in [-0.4, -0.2) is 58.5 Å². The van der Waals surface area contributed by atoms with Crippen LogP contribution in [0.25, 0.3) is 10.9 Å². The second-order valence-electron chi connectivity index (χ2n) is 8.47. The van der Waals surface area contributed by atoms with E-state index in [9.17, 15) is 5.11 Å². The zero-order chi connectivity index (χ0) is 23.0. The number of piperidine rings is 1. The van der Waals surface area contributed by atoms with Gasteiger partial charge in [0.2, 0.25) is 0 Å². The number of aromatic nitrogens is 3. The summed E-state index contributed by atoms with van der Waals surface area (Å²) in [5.41, 5.74) is 2.07. The number of halogens is 1. The molecule has 4 rings (SSSR count). The molecule has 33 heavy (non-hydrogen) atoms. The van der Waals surface area contributed by atoms with Gasteiger partial charge in [0, 0.05) is 30.9 Å². The van der Waals surface area contributed by atoms with Crippen LogP contribution in [0.3, 0.4) is 0 Å². The number of ether oxygens (including phenoxy) is 1. The highest BCUT2D eigenvalue weighted by atomic mass is 19.1. The summed E-state index contributed by atoms with van der Waals surface area (Å²) in [6, 6.07) is 10.9. The van der Waals surface area contributed by atoms with E-state index in [4.69, 9.17) is 4.74 Å². The van der Waals surface area contributed by atoms with Gasteiger partial charge in [-0.25, -0.2) is 4.39 Å². The molecule has 1 fully saturated rings. The van der Waals surface area contributed by atoms with Crippen LogP contribution in [0, 0.1) is 23.7 Å². The number of benzene rings is 1. The molecule has 0 radical (unpaired) electrons. The molecule has 1 N–H and O–H groups in total. The van der Waals surface area contributed by atoms with Gasteiger partial charge in [-0.1, -0.05) is 5.92 Å². The SMILES string of the molecule is COc1ccc2nccc(C(F)CC[C@@H]3CCN(CC#Cc4cccnn4)C[C@@H]3CO)c2c1. The normalized spacial score (nSPS) is 19.6. The summed E-state index contributed by atoms with van der Waals surface area (Å²) in [5.74, 6) is 7.28. The highest BCUT2D eigenvalue weighted by Gasteiger charge is 2.29. The van der Waals surface area contributed by atoms with E-state index in [0.29, 0.717) is 35.9 Å². The van der Waals surface area contributed by atoms with Crippen LogP contribution in [-0.2, 0) is 0 Å². The van der Waals surface area contributed by atoms with E-state index in [1.165, 1.54) is 0 Å². The molecule has 1 unspecified atom stereocenters. The van der Waals surface area contributed by atoms with Crippen molar-refractivity contribution in [1.29, 1.82) is 0 Å².